The van der Waals surface area contributed by atoms with Crippen LogP contribution in [-0.2, 0) is 6.61 Å². The molecular formula is C8H8O4. The number of phenolic OH excluding ortho intramolecular Hbond substituents is 1. The molecule has 1 aromatic carbocycles. The van der Waals surface area contributed by atoms with Crippen LogP contribution in [0, 0.1) is 0 Å². The third-order valence-corrected chi connectivity index (χ3v) is 1.70. The standard InChI is InChI=1S/C8H8O4/c9-3-5-1-6(10)8-7(2-5)11-4-12-8/h1-2,9-10H,3-4H2. The molecule has 1 heterocycles. The van der Waals surface area contributed by atoms with Gasteiger partial charge in [0, 0.05) is 0 Å². The first-order chi connectivity index (χ1) is 5.81. The number of aromatic hydroxyl groups is 1. The molecule has 4 heteroatoms. The molecule has 0 fully saturated rings. The fraction of sp³-hybridized carbons (Fsp3) is 0.250. The molecule has 0 bridgehead atoms. The van der Waals surface area contributed by atoms with Gasteiger partial charge in [0.15, 0.2) is 11.5 Å². The highest BCUT2D eigenvalue weighted by Gasteiger charge is 2.18. The number of rotatable bonds is 1. The lowest BCUT2D eigenvalue weighted by Crippen LogP contribution is -1.93. The van der Waals surface area contributed by atoms with Gasteiger partial charge >= 0.3 is 0 Å². The average molecular weight is 168 g/mol. The summed E-state index contributed by atoms with van der Waals surface area (Å²) in [6.45, 7) is 0.00196. The van der Waals surface area contributed by atoms with Crippen LogP contribution in [0.1, 0.15) is 5.56 Å². The van der Waals surface area contributed by atoms with E-state index in [-0.39, 0.29) is 19.1 Å². The molecule has 0 atom stereocenters. The summed E-state index contributed by atoms with van der Waals surface area (Å²) in [7, 11) is 0. The summed E-state index contributed by atoms with van der Waals surface area (Å²) in [5.74, 6) is 0.848. The lowest BCUT2D eigenvalue weighted by atomic mass is 10.2. The Bertz CT molecular complexity index is 308. The molecule has 1 aliphatic heterocycles. The van der Waals surface area contributed by atoms with Crippen molar-refractivity contribution in [1.29, 1.82) is 0 Å². The first-order valence-corrected chi connectivity index (χ1v) is 3.53. The predicted molar refractivity (Wildman–Crippen MR) is 40.2 cm³/mol. The van der Waals surface area contributed by atoms with Gasteiger partial charge in [-0.05, 0) is 17.7 Å². The summed E-state index contributed by atoms with van der Waals surface area (Å²) in [4.78, 5) is 0. The molecule has 2 N–H and O–H groups in total. The molecule has 0 amide bonds. The largest absolute Gasteiger partial charge is 0.504 e. The van der Waals surface area contributed by atoms with Gasteiger partial charge in [-0.15, -0.1) is 0 Å². The zero-order valence-corrected chi connectivity index (χ0v) is 6.28. The van der Waals surface area contributed by atoms with Crippen molar-refractivity contribution in [1.82, 2.24) is 0 Å². The maximum absolute atomic E-state index is 9.33. The Morgan fingerprint density at radius 1 is 1.33 bits per heavy atom. The van der Waals surface area contributed by atoms with Gasteiger partial charge in [-0.25, -0.2) is 0 Å². The fourth-order valence-corrected chi connectivity index (χ4v) is 1.14. The molecule has 1 aromatic rings. The molecule has 0 unspecified atom stereocenters. The van der Waals surface area contributed by atoms with Gasteiger partial charge in [0.1, 0.15) is 0 Å². The maximum atomic E-state index is 9.33. The number of hydrogen-bond donors (Lipinski definition) is 2. The van der Waals surface area contributed by atoms with Crippen LogP contribution in [0.25, 0.3) is 0 Å². The van der Waals surface area contributed by atoms with Crippen molar-refractivity contribution in [3.8, 4) is 17.2 Å². The number of hydrogen-bond acceptors (Lipinski definition) is 4. The molecule has 0 spiro atoms. The van der Waals surface area contributed by atoms with Crippen LogP contribution < -0.4 is 9.47 Å². The first-order valence-electron chi connectivity index (χ1n) is 3.53. The monoisotopic (exact) mass is 168 g/mol. The Morgan fingerprint density at radius 3 is 2.92 bits per heavy atom. The summed E-state index contributed by atoms with van der Waals surface area (Å²) < 4.78 is 10.0. The van der Waals surface area contributed by atoms with E-state index >= 15 is 0 Å². The Balaban J connectivity index is 2.51. The molecule has 4 nitrogen and oxygen atoms in total. The summed E-state index contributed by atoms with van der Waals surface area (Å²) in [6.07, 6.45) is 0. The van der Waals surface area contributed by atoms with Crippen molar-refractivity contribution in [3.63, 3.8) is 0 Å². The van der Waals surface area contributed by atoms with E-state index < -0.39 is 0 Å². The second kappa shape index (κ2) is 2.57. The van der Waals surface area contributed by atoms with Gasteiger partial charge in [-0.2, -0.15) is 0 Å². The highest BCUT2D eigenvalue weighted by Crippen LogP contribution is 2.40. The van der Waals surface area contributed by atoms with E-state index in [0.717, 1.165) is 0 Å². The summed E-state index contributed by atoms with van der Waals surface area (Å²) >= 11 is 0. The molecule has 0 aromatic heterocycles. The fourth-order valence-electron chi connectivity index (χ4n) is 1.14. The molecule has 2 rings (SSSR count). The summed E-state index contributed by atoms with van der Waals surface area (Å²) in [6, 6.07) is 3.09. The van der Waals surface area contributed by atoms with Crippen molar-refractivity contribution in [2.24, 2.45) is 0 Å². The number of ether oxygens (including phenoxy) is 2. The normalized spacial score (nSPS) is 13.4. The highest BCUT2D eigenvalue weighted by atomic mass is 16.7. The van der Waals surface area contributed by atoms with E-state index in [2.05, 4.69) is 0 Å². The van der Waals surface area contributed by atoms with Gasteiger partial charge in [0.2, 0.25) is 12.5 Å². The van der Waals surface area contributed by atoms with Crippen LogP contribution in [0.4, 0.5) is 0 Å². The summed E-state index contributed by atoms with van der Waals surface area (Å²) in [5.41, 5.74) is 0.608. The Kier molecular flexibility index (Phi) is 1.55. The zero-order valence-electron chi connectivity index (χ0n) is 6.28. The quantitative estimate of drug-likeness (QED) is 0.645. The van der Waals surface area contributed by atoms with E-state index in [9.17, 15) is 5.11 Å². The molecule has 64 valence electrons. The highest BCUT2D eigenvalue weighted by molar-refractivity contribution is 5.54. The number of phenols is 1. The van der Waals surface area contributed by atoms with Gasteiger partial charge in [-0.1, -0.05) is 0 Å². The van der Waals surface area contributed by atoms with Gasteiger partial charge in [0.25, 0.3) is 0 Å². The molecule has 12 heavy (non-hydrogen) atoms. The van der Waals surface area contributed by atoms with Crippen LogP contribution in [0.5, 0.6) is 17.2 Å². The minimum absolute atomic E-state index is 0.00838. The smallest absolute Gasteiger partial charge is 0.231 e. The molecule has 0 radical (unpaired) electrons. The van der Waals surface area contributed by atoms with E-state index in [1.165, 1.54) is 6.07 Å². The van der Waals surface area contributed by atoms with E-state index in [1.54, 1.807) is 6.07 Å². The second-order valence-corrected chi connectivity index (χ2v) is 2.51. The van der Waals surface area contributed by atoms with Crippen LogP contribution >= 0.6 is 0 Å². The van der Waals surface area contributed by atoms with Gasteiger partial charge in [-0.3, -0.25) is 0 Å². The third-order valence-electron chi connectivity index (χ3n) is 1.70. The topological polar surface area (TPSA) is 58.9 Å². The van der Waals surface area contributed by atoms with E-state index in [0.29, 0.717) is 17.1 Å². The van der Waals surface area contributed by atoms with E-state index in [1.807, 2.05) is 0 Å². The average Bonchev–Trinajstić information content (AvgIpc) is 2.52. The predicted octanol–water partition coefficient (Wildman–Crippen LogP) is 0.613. The molecular weight excluding hydrogens is 160 g/mol. The Hall–Kier alpha value is -1.42. The molecule has 0 saturated heterocycles. The van der Waals surface area contributed by atoms with Crippen molar-refractivity contribution in [2.75, 3.05) is 6.79 Å². The van der Waals surface area contributed by atoms with Crippen LogP contribution in [0.15, 0.2) is 12.1 Å². The lowest BCUT2D eigenvalue weighted by molar-refractivity contribution is 0.171. The number of aliphatic hydroxyl groups is 1. The molecule has 0 aliphatic carbocycles. The second-order valence-electron chi connectivity index (χ2n) is 2.51. The van der Waals surface area contributed by atoms with Crippen molar-refractivity contribution in [2.45, 2.75) is 6.61 Å². The minimum atomic E-state index is -0.121. The lowest BCUT2D eigenvalue weighted by Gasteiger charge is -2.01. The van der Waals surface area contributed by atoms with Crippen LogP contribution in [0.2, 0.25) is 0 Å². The molecule has 0 saturated carbocycles. The SMILES string of the molecule is OCc1cc(O)c2c(c1)OCO2. The van der Waals surface area contributed by atoms with Crippen LogP contribution in [0.3, 0.4) is 0 Å². The van der Waals surface area contributed by atoms with E-state index in [4.69, 9.17) is 14.6 Å². The van der Waals surface area contributed by atoms with Crippen molar-refractivity contribution < 1.29 is 19.7 Å². The van der Waals surface area contributed by atoms with Crippen molar-refractivity contribution >= 4 is 0 Å². The maximum Gasteiger partial charge on any atom is 0.231 e. The Morgan fingerprint density at radius 2 is 2.17 bits per heavy atom. The number of benzene rings is 1. The van der Waals surface area contributed by atoms with Crippen molar-refractivity contribution in [3.05, 3.63) is 17.7 Å². The van der Waals surface area contributed by atoms with Crippen LogP contribution in [-0.4, -0.2) is 17.0 Å². The minimum Gasteiger partial charge on any atom is -0.504 e. The third kappa shape index (κ3) is 0.967. The first kappa shape index (κ1) is 7.24. The summed E-state index contributed by atoms with van der Waals surface area (Å²) in [5, 5.41) is 18.1. The van der Waals surface area contributed by atoms with Gasteiger partial charge in [0.05, 0.1) is 6.61 Å². The molecule has 1 aliphatic rings. The number of fused-ring (bicyclic) bond motifs is 1. The Labute approximate surface area is 69.0 Å². The van der Waals surface area contributed by atoms with Gasteiger partial charge < -0.3 is 19.7 Å². The zero-order chi connectivity index (χ0) is 8.55. The number of aliphatic hydroxyl groups excluding tert-OH is 1.